The second kappa shape index (κ2) is 4.27. The highest BCUT2D eigenvalue weighted by molar-refractivity contribution is 5.98. The summed E-state index contributed by atoms with van der Waals surface area (Å²) < 4.78 is 5.04. The third kappa shape index (κ3) is 2.66. The SMILES string of the molecule is COC(C)(C)C(=O)Nc1ccncc1N. The zero-order valence-electron chi connectivity index (χ0n) is 9.07. The first-order valence-electron chi connectivity index (χ1n) is 4.53. The molecule has 0 saturated heterocycles. The highest BCUT2D eigenvalue weighted by atomic mass is 16.5. The molecule has 5 heteroatoms. The minimum atomic E-state index is -0.879. The Balaban J connectivity index is 2.80. The van der Waals surface area contributed by atoms with Gasteiger partial charge in [-0.15, -0.1) is 0 Å². The average Bonchev–Trinajstić information content (AvgIpc) is 2.21. The van der Waals surface area contributed by atoms with Crippen LogP contribution < -0.4 is 11.1 Å². The molecule has 0 aliphatic heterocycles. The van der Waals surface area contributed by atoms with E-state index in [1.54, 1.807) is 26.1 Å². The van der Waals surface area contributed by atoms with Crippen LogP contribution in [0.15, 0.2) is 18.5 Å². The maximum absolute atomic E-state index is 11.7. The summed E-state index contributed by atoms with van der Waals surface area (Å²) in [5.74, 6) is -0.247. The maximum Gasteiger partial charge on any atom is 0.256 e. The van der Waals surface area contributed by atoms with Crippen molar-refractivity contribution in [1.29, 1.82) is 0 Å². The van der Waals surface area contributed by atoms with Gasteiger partial charge < -0.3 is 15.8 Å². The average molecular weight is 209 g/mol. The van der Waals surface area contributed by atoms with Gasteiger partial charge in [-0.2, -0.15) is 0 Å². The first-order chi connectivity index (χ1) is 6.97. The fraction of sp³-hybridized carbons (Fsp3) is 0.400. The number of carbonyl (C=O) groups is 1. The van der Waals surface area contributed by atoms with Crippen molar-refractivity contribution >= 4 is 17.3 Å². The van der Waals surface area contributed by atoms with Crippen LogP contribution in [0.5, 0.6) is 0 Å². The molecule has 0 spiro atoms. The van der Waals surface area contributed by atoms with E-state index in [9.17, 15) is 4.79 Å². The van der Waals surface area contributed by atoms with E-state index in [0.29, 0.717) is 11.4 Å². The van der Waals surface area contributed by atoms with Crippen LogP contribution in [0.2, 0.25) is 0 Å². The molecule has 0 aliphatic rings. The lowest BCUT2D eigenvalue weighted by atomic mass is 10.1. The highest BCUT2D eigenvalue weighted by Crippen LogP contribution is 2.18. The van der Waals surface area contributed by atoms with Gasteiger partial charge in [0.25, 0.3) is 5.91 Å². The van der Waals surface area contributed by atoms with Crippen molar-refractivity contribution < 1.29 is 9.53 Å². The van der Waals surface area contributed by atoms with Gasteiger partial charge in [-0.1, -0.05) is 0 Å². The number of nitrogens with two attached hydrogens (primary N) is 1. The molecule has 1 heterocycles. The van der Waals surface area contributed by atoms with E-state index >= 15 is 0 Å². The van der Waals surface area contributed by atoms with E-state index in [1.807, 2.05) is 0 Å². The van der Waals surface area contributed by atoms with Gasteiger partial charge in [0, 0.05) is 13.3 Å². The Morgan fingerprint density at radius 1 is 1.60 bits per heavy atom. The number of ether oxygens (including phenoxy) is 1. The number of hydrogen-bond acceptors (Lipinski definition) is 4. The van der Waals surface area contributed by atoms with Crippen molar-refractivity contribution in [3.8, 4) is 0 Å². The number of pyridine rings is 1. The van der Waals surface area contributed by atoms with Crippen molar-refractivity contribution in [3.63, 3.8) is 0 Å². The molecular weight excluding hydrogens is 194 g/mol. The molecule has 15 heavy (non-hydrogen) atoms. The van der Waals surface area contributed by atoms with Crippen molar-refractivity contribution in [2.24, 2.45) is 0 Å². The number of hydrogen-bond donors (Lipinski definition) is 2. The lowest BCUT2D eigenvalue weighted by Crippen LogP contribution is -2.38. The molecule has 0 unspecified atom stereocenters. The molecule has 0 atom stereocenters. The van der Waals surface area contributed by atoms with Crippen LogP contribution in [0.25, 0.3) is 0 Å². The molecule has 0 radical (unpaired) electrons. The summed E-state index contributed by atoms with van der Waals surface area (Å²) >= 11 is 0. The third-order valence-electron chi connectivity index (χ3n) is 2.16. The molecule has 1 amide bonds. The van der Waals surface area contributed by atoms with Crippen molar-refractivity contribution in [3.05, 3.63) is 18.5 Å². The monoisotopic (exact) mass is 209 g/mol. The normalized spacial score (nSPS) is 11.1. The van der Waals surface area contributed by atoms with Gasteiger partial charge in [0.2, 0.25) is 0 Å². The number of amides is 1. The van der Waals surface area contributed by atoms with Crippen molar-refractivity contribution in [1.82, 2.24) is 4.98 Å². The number of nitrogens with zero attached hydrogens (tertiary/aromatic N) is 1. The maximum atomic E-state index is 11.7. The molecule has 0 aliphatic carbocycles. The van der Waals surface area contributed by atoms with Gasteiger partial charge in [0.05, 0.1) is 17.6 Å². The minimum Gasteiger partial charge on any atom is -0.396 e. The standard InChI is InChI=1S/C10H15N3O2/c1-10(2,15-3)9(14)13-8-4-5-12-6-7(8)11/h4-6H,11H2,1-3H3,(H,12,13,14). The van der Waals surface area contributed by atoms with E-state index in [2.05, 4.69) is 10.3 Å². The van der Waals surface area contributed by atoms with Gasteiger partial charge >= 0.3 is 0 Å². The van der Waals surface area contributed by atoms with E-state index in [4.69, 9.17) is 10.5 Å². The van der Waals surface area contributed by atoms with Crippen LogP contribution in [0.1, 0.15) is 13.8 Å². The molecule has 1 rings (SSSR count). The Kier molecular flexibility index (Phi) is 3.26. The summed E-state index contributed by atoms with van der Waals surface area (Å²) in [6, 6.07) is 1.64. The smallest absolute Gasteiger partial charge is 0.256 e. The van der Waals surface area contributed by atoms with Crippen LogP contribution >= 0.6 is 0 Å². The summed E-state index contributed by atoms with van der Waals surface area (Å²) in [4.78, 5) is 15.5. The number of carbonyl (C=O) groups excluding carboxylic acids is 1. The molecule has 0 bridgehead atoms. The third-order valence-corrected chi connectivity index (χ3v) is 2.16. The van der Waals surface area contributed by atoms with E-state index in [1.165, 1.54) is 13.3 Å². The second-order valence-corrected chi connectivity index (χ2v) is 3.63. The number of anilines is 2. The minimum absolute atomic E-state index is 0.247. The second-order valence-electron chi connectivity index (χ2n) is 3.63. The topological polar surface area (TPSA) is 77.2 Å². The molecular formula is C10H15N3O2. The zero-order valence-corrected chi connectivity index (χ0v) is 9.07. The van der Waals surface area contributed by atoms with Crippen LogP contribution in [0.4, 0.5) is 11.4 Å². The van der Waals surface area contributed by atoms with E-state index < -0.39 is 5.60 Å². The largest absolute Gasteiger partial charge is 0.396 e. The molecule has 0 fully saturated rings. The van der Waals surface area contributed by atoms with Crippen LogP contribution in [0.3, 0.4) is 0 Å². The number of aromatic nitrogens is 1. The molecule has 0 aromatic carbocycles. The molecule has 0 saturated carbocycles. The van der Waals surface area contributed by atoms with Crippen molar-refractivity contribution in [2.45, 2.75) is 19.4 Å². The summed E-state index contributed by atoms with van der Waals surface area (Å²) in [6.45, 7) is 3.36. The summed E-state index contributed by atoms with van der Waals surface area (Å²) in [5.41, 5.74) is 5.73. The van der Waals surface area contributed by atoms with Gasteiger partial charge in [0.15, 0.2) is 0 Å². The molecule has 1 aromatic rings. The Bertz CT molecular complexity index is 363. The molecule has 5 nitrogen and oxygen atoms in total. The number of rotatable bonds is 3. The fourth-order valence-electron chi connectivity index (χ4n) is 0.886. The van der Waals surface area contributed by atoms with Gasteiger partial charge in [-0.25, -0.2) is 0 Å². The molecule has 82 valence electrons. The number of nitrogens with one attached hydrogen (secondary N) is 1. The van der Waals surface area contributed by atoms with Gasteiger partial charge in [0.1, 0.15) is 5.60 Å². The molecule has 1 aromatic heterocycles. The zero-order chi connectivity index (χ0) is 11.5. The van der Waals surface area contributed by atoms with Crippen LogP contribution in [-0.4, -0.2) is 23.6 Å². The first kappa shape index (κ1) is 11.5. The van der Waals surface area contributed by atoms with Crippen LogP contribution in [0, 0.1) is 0 Å². The Morgan fingerprint density at radius 3 is 2.80 bits per heavy atom. The van der Waals surface area contributed by atoms with Crippen LogP contribution in [-0.2, 0) is 9.53 Å². The highest BCUT2D eigenvalue weighted by Gasteiger charge is 2.27. The van der Waals surface area contributed by atoms with Gasteiger partial charge in [-0.05, 0) is 19.9 Å². The van der Waals surface area contributed by atoms with E-state index in [0.717, 1.165) is 0 Å². The molecule has 3 N–H and O–H groups in total. The Hall–Kier alpha value is -1.62. The summed E-state index contributed by atoms with van der Waals surface area (Å²) in [6.07, 6.45) is 3.04. The number of methoxy groups -OCH3 is 1. The quantitative estimate of drug-likeness (QED) is 0.779. The van der Waals surface area contributed by atoms with Gasteiger partial charge in [-0.3, -0.25) is 9.78 Å². The fourth-order valence-corrected chi connectivity index (χ4v) is 0.886. The van der Waals surface area contributed by atoms with E-state index in [-0.39, 0.29) is 5.91 Å². The lowest BCUT2D eigenvalue weighted by Gasteiger charge is -2.21. The van der Waals surface area contributed by atoms with Crippen molar-refractivity contribution in [2.75, 3.05) is 18.2 Å². The predicted molar refractivity (Wildman–Crippen MR) is 58.4 cm³/mol. The summed E-state index contributed by atoms with van der Waals surface area (Å²) in [5, 5.41) is 2.67. The lowest BCUT2D eigenvalue weighted by molar-refractivity contribution is -0.133. The Labute approximate surface area is 88.6 Å². The first-order valence-corrected chi connectivity index (χ1v) is 4.53. The predicted octanol–water partition coefficient (Wildman–Crippen LogP) is 1.03. The number of nitrogen functional groups attached to an aromatic ring is 1. The Morgan fingerprint density at radius 2 is 2.27 bits per heavy atom. The summed E-state index contributed by atoms with van der Waals surface area (Å²) in [7, 11) is 1.48.